The molecule has 3 aromatic rings. The van der Waals surface area contributed by atoms with Crippen molar-refractivity contribution in [1.29, 1.82) is 0 Å². The Kier molecular flexibility index (Phi) is 3.22. The van der Waals surface area contributed by atoms with E-state index in [1.54, 1.807) is 6.20 Å². The van der Waals surface area contributed by atoms with Crippen LogP contribution in [0, 0.1) is 13.8 Å². The topological polar surface area (TPSA) is 50.7 Å². The van der Waals surface area contributed by atoms with Gasteiger partial charge in [-0.2, -0.15) is 5.10 Å². The van der Waals surface area contributed by atoms with E-state index < -0.39 is 5.92 Å². The second-order valence-electron chi connectivity index (χ2n) is 5.96. The van der Waals surface area contributed by atoms with Crippen molar-refractivity contribution in [3.63, 3.8) is 0 Å². The fourth-order valence-corrected chi connectivity index (χ4v) is 4.33. The first-order valence-electron chi connectivity index (χ1n) is 7.21. The van der Waals surface area contributed by atoms with Gasteiger partial charge >= 0.3 is 0 Å². The number of aryl methyl sites for hydroxylation is 2. The molecular weight excluding hydrogens is 342 g/mol. The smallest absolute Gasteiger partial charge is 0.252 e. The van der Waals surface area contributed by atoms with Gasteiger partial charge < -0.3 is 5.32 Å². The van der Waals surface area contributed by atoms with Gasteiger partial charge in [0.1, 0.15) is 4.83 Å². The minimum atomic E-state index is -2.57. The molecule has 1 saturated carbocycles. The molecule has 0 amide bonds. The summed E-state index contributed by atoms with van der Waals surface area (Å²) >= 11 is 7.79. The van der Waals surface area contributed by atoms with Crippen LogP contribution in [-0.4, -0.2) is 27.1 Å². The van der Waals surface area contributed by atoms with Crippen LogP contribution in [0.15, 0.2) is 6.20 Å². The number of halogens is 3. The van der Waals surface area contributed by atoms with Crippen molar-refractivity contribution in [3.8, 4) is 0 Å². The maximum atomic E-state index is 13.0. The number of alkyl halides is 2. The van der Waals surface area contributed by atoms with Gasteiger partial charge in [0.05, 0.1) is 21.6 Å². The number of fused-ring (bicyclic) bond motifs is 3. The number of pyridine rings is 1. The molecule has 3 aromatic heterocycles. The van der Waals surface area contributed by atoms with Crippen LogP contribution >= 0.6 is 22.9 Å². The van der Waals surface area contributed by atoms with Gasteiger partial charge in [-0.3, -0.25) is 0 Å². The summed E-state index contributed by atoms with van der Waals surface area (Å²) in [5.74, 6) is -2.03. The zero-order chi connectivity index (χ0) is 16.4. The van der Waals surface area contributed by atoms with E-state index in [-0.39, 0.29) is 18.9 Å². The minimum absolute atomic E-state index is 0.168. The molecule has 0 spiro atoms. The molecule has 4 nitrogen and oxygen atoms in total. The van der Waals surface area contributed by atoms with Gasteiger partial charge in [-0.1, -0.05) is 11.6 Å². The maximum Gasteiger partial charge on any atom is 0.252 e. The minimum Gasteiger partial charge on any atom is -0.364 e. The SMILES string of the molecule is Cc1nc2sc3c(NC4CC(F)(F)C4)nncc3c2c(C)c1Cl. The summed E-state index contributed by atoms with van der Waals surface area (Å²) in [7, 11) is 0. The number of nitrogens with zero attached hydrogens (tertiary/aromatic N) is 3. The van der Waals surface area contributed by atoms with Crippen molar-refractivity contribution in [2.45, 2.75) is 38.7 Å². The van der Waals surface area contributed by atoms with Crippen molar-refractivity contribution in [2.24, 2.45) is 0 Å². The van der Waals surface area contributed by atoms with E-state index in [9.17, 15) is 8.78 Å². The molecule has 120 valence electrons. The lowest BCUT2D eigenvalue weighted by Gasteiger charge is -2.35. The third kappa shape index (κ3) is 2.33. The third-order valence-corrected chi connectivity index (χ3v) is 5.87. The zero-order valence-corrected chi connectivity index (χ0v) is 14.0. The molecular formula is C15H13ClF2N4S. The monoisotopic (exact) mass is 354 g/mol. The van der Waals surface area contributed by atoms with Crippen molar-refractivity contribution in [1.82, 2.24) is 15.2 Å². The first kappa shape index (κ1) is 15.0. The van der Waals surface area contributed by atoms with Crippen molar-refractivity contribution >= 4 is 49.1 Å². The second kappa shape index (κ2) is 4.95. The number of aromatic nitrogens is 3. The Labute approximate surface area is 139 Å². The summed E-state index contributed by atoms with van der Waals surface area (Å²) < 4.78 is 26.9. The zero-order valence-electron chi connectivity index (χ0n) is 12.5. The Hall–Kier alpha value is -1.60. The summed E-state index contributed by atoms with van der Waals surface area (Å²) in [5.41, 5.74) is 1.73. The van der Waals surface area contributed by atoms with Crippen LogP contribution in [0.4, 0.5) is 14.6 Å². The van der Waals surface area contributed by atoms with E-state index in [2.05, 4.69) is 20.5 Å². The molecule has 23 heavy (non-hydrogen) atoms. The summed E-state index contributed by atoms with van der Waals surface area (Å²) in [4.78, 5) is 5.39. The van der Waals surface area contributed by atoms with Crippen LogP contribution in [0.5, 0.6) is 0 Å². The van der Waals surface area contributed by atoms with Crippen LogP contribution in [0.2, 0.25) is 5.02 Å². The molecule has 8 heteroatoms. The number of anilines is 1. The van der Waals surface area contributed by atoms with E-state index in [4.69, 9.17) is 11.6 Å². The lowest BCUT2D eigenvalue weighted by atomic mass is 9.88. The van der Waals surface area contributed by atoms with Gasteiger partial charge in [-0.15, -0.1) is 16.4 Å². The van der Waals surface area contributed by atoms with Crippen molar-refractivity contribution in [2.75, 3.05) is 5.32 Å². The molecule has 0 saturated heterocycles. The molecule has 0 radical (unpaired) electrons. The van der Waals surface area contributed by atoms with Crippen molar-refractivity contribution in [3.05, 3.63) is 22.5 Å². The summed E-state index contributed by atoms with van der Waals surface area (Å²) in [6.45, 7) is 3.82. The predicted octanol–water partition coefficient (Wildman–Crippen LogP) is 4.72. The molecule has 1 fully saturated rings. The average Bonchev–Trinajstić information content (AvgIpc) is 2.82. The van der Waals surface area contributed by atoms with Gasteiger partial charge in [0, 0.05) is 29.7 Å². The Morgan fingerprint density at radius 3 is 2.78 bits per heavy atom. The van der Waals surface area contributed by atoms with Crippen LogP contribution in [0.3, 0.4) is 0 Å². The molecule has 0 unspecified atom stereocenters. The van der Waals surface area contributed by atoms with Crippen molar-refractivity contribution < 1.29 is 8.78 Å². The highest BCUT2D eigenvalue weighted by Gasteiger charge is 2.45. The van der Waals surface area contributed by atoms with Crippen LogP contribution in [0.1, 0.15) is 24.1 Å². The fourth-order valence-electron chi connectivity index (χ4n) is 2.99. The number of hydrogen-bond acceptors (Lipinski definition) is 5. The predicted molar refractivity (Wildman–Crippen MR) is 88.8 cm³/mol. The summed E-state index contributed by atoms with van der Waals surface area (Å²) in [5, 5.41) is 13.7. The van der Waals surface area contributed by atoms with E-state index in [1.807, 2.05) is 13.8 Å². The number of thiophene rings is 1. The summed E-state index contributed by atoms with van der Waals surface area (Å²) in [6.07, 6.45) is 1.34. The lowest BCUT2D eigenvalue weighted by molar-refractivity contribution is -0.0793. The highest BCUT2D eigenvalue weighted by atomic mass is 35.5. The standard InChI is InChI=1S/C15H13ClF2N4S/c1-6-10-9-5-19-22-13(21-8-3-15(17,18)4-8)12(9)23-14(10)20-7(2)11(6)16/h5,8H,3-4H2,1-2H3,(H,21,22). The first-order chi connectivity index (χ1) is 10.9. The molecule has 0 bridgehead atoms. The molecule has 0 atom stereocenters. The highest BCUT2D eigenvalue weighted by Crippen LogP contribution is 2.42. The summed E-state index contributed by atoms with van der Waals surface area (Å²) in [6, 6.07) is -0.269. The first-order valence-corrected chi connectivity index (χ1v) is 8.40. The van der Waals surface area contributed by atoms with Gasteiger partial charge in [-0.25, -0.2) is 13.8 Å². The molecule has 1 N–H and O–H groups in total. The number of nitrogens with one attached hydrogen (secondary N) is 1. The van der Waals surface area contributed by atoms with Gasteiger partial charge in [0.25, 0.3) is 5.92 Å². The molecule has 3 heterocycles. The second-order valence-corrected chi connectivity index (χ2v) is 7.34. The quantitative estimate of drug-likeness (QED) is 0.723. The van der Waals surface area contributed by atoms with Crippen LogP contribution in [0.25, 0.3) is 20.3 Å². The Bertz CT molecular complexity index is 932. The maximum absolute atomic E-state index is 13.0. The van der Waals surface area contributed by atoms with E-state index in [0.717, 1.165) is 31.6 Å². The highest BCUT2D eigenvalue weighted by molar-refractivity contribution is 7.26. The van der Waals surface area contributed by atoms with E-state index >= 15 is 0 Å². The molecule has 0 aliphatic heterocycles. The Balaban J connectivity index is 1.84. The van der Waals surface area contributed by atoms with Crippen LogP contribution in [-0.2, 0) is 0 Å². The van der Waals surface area contributed by atoms with Gasteiger partial charge in [0.2, 0.25) is 0 Å². The molecule has 0 aromatic carbocycles. The van der Waals surface area contributed by atoms with E-state index in [1.165, 1.54) is 11.3 Å². The van der Waals surface area contributed by atoms with Gasteiger partial charge in [-0.05, 0) is 19.4 Å². The molecule has 4 rings (SSSR count). The average molecular weight is 355 g/mol. The lowest BCUT2D eigenvalue weighted by Crippen LogP contribution is -2.44. The largest absolute Gasteiger partial charge is 0.364 e. The fraction of sp³-hybridized carbons (Fsp3) is 0.400. The third-order valence-electron chi connectivity index (χ3n) is 4.21. The van der Waals surface area contributed by atoms with Gasteiger partial charge in [0.15, 0.2) is 5.82 Å². The van der Waals surface area contributed by atoms with Crippen LogP contribution < -0.4 is 5.32 Å². The molecule has 1 aliphatic rings. The number of hydrogen-bond donors (Lipinski definition) is 1. The Morgan fingerprint density at radius 2 is 2.09 bits per heavy atom. The van der Waals surface area contributed by atoms with E-state index in [0.29, 0.717) is 10.8 Å². The Morgan fingerprint density at radius 1 is 1.35 bits per heavy atom. The number of rotatable bonds is 2. The normalized spacial score (nSPS) is 17.6. The molecule has 1 aliphatic carbocycles.